The summed E-state index contributed by atoms with van der Waals surface area (Å²) in [5.41, 5.74) is 7.11. The van der Waals surface area contributed by atoms with E-state index in [1.807, 2.05) is 30.3 Å². The largest absolute Gasteiger partial charge is 0.376 e. The number of anilines is 1. The lowest BCUT2D eigenvalue weighted by atomic mass is 9.67. The minimum Gasteiger partial charge on any atom is -0.376 e. The van der Waals surface area contributed by atoms with E-state index in [4.69, 9.17) is 5.73 Å². The molecule has 2 aliphatic rings. The van der Waals surface area contributed by atoms with E-state index in [1.165, 1.54) is 19.3 Å². The van der Waals surface area contributed by atoms with Gasteiger partial charge >= 0.3 is 0 Å². The quantitative estimate of drug-likeness (QED) is 0.794. The number of hydrogen-bond donors (Lipinski definition) is 3. The molecule has 4 heteroatoms. The Morgan fingerprint density at radius 2 is 1.81 bits per heavy atom. The van der Waals surface area contributed by atoms with Crippen molar-refractivity contribution in [3.63, 3.8) is 0 Å². The number of benzene rings is 1. The number of carbonyl (C=O) groups excluding carboxylic acids is 1. The Morgan fingerprint density at radius 3 is 2.48 bits per heavy atom. The monoisotopic (exact) mass is 287 g/mol. The van der Waals surface area contributed by atoms with E-state index in [0.29, 0.717) is 30.5 Å². The average molecular weight is 287 g/mol. The second-order valence-electron chi connectivity index (χ2n) is 6.50. The molecule has 2 fully saturated rings. The fourth-order valence-corrected chi connectivity index (χ4v) is 4.00. The molecule has 2 aliphatic carbocycles. The number of para-hydroxylation sites is 1. The van der Waals surface area contributed by atoms with Crippen LogP contribution in [0.15, 0.2) is 30.3 Å². The molecule has 0 spiro atoms. The van der Waals surface area contributed by atoms with E-state index in [0.717, 1.165) is 18.5 Å². The van der Waals surface area contributed by atoms with Crippen LogP contribution in [0.3, 0.4) is 0 Å². The van der Waals surface area contributed by atoms with Crippen LogP contribution in [0.5, 0.6) is 0 Å². The zero-order chi connectivity index (χ0) is 14.7. The van der Waals surface area contributed by atoms with E-state index in [9.17, 15) is 4.79 Å². The summed E-state index contributed by atoms with van der Waals surface area (Å²) in [4.78, 5) is 12.2. The van der Waals surface area contributed by atoms with Crippen LogP contribution in [0.2, 0.25) is 0 Å². The van der Waals surface area contributed by atoms with Gasteiger partial charge in [0.05, 0.1) is 6.54 Å². The van der Waals surface area contributed by atoms with Crippen LogP contribution in [0.1, 0.15) is 32.1 Å². The summed E-state index contributed by atoms with van der Waals surface area (Å²) in [5.74, 6) is 1.25. The van der Waals surface area contributed by atoms with Gasteiger partial charge in [-0.3, -0.25) is 4.79 Å². The number of hydrogen-bond acceptors (Lipinski definition) is 3. The van der Waals surface area contributed by atoms with Crippen molar-refractivity contribution < 1.29 is 4.79 Å². The van der Waals surface area contributed by atoms with Gasteiger partial charge < -0.3 is 16.4 Å². The SMILES string of the molecule is NC1CC2CCCC(C1)C2NC(=O)CNc1ccccc1. The molecule has 4 N–H and O–H groups in total. The van der Waals surface area contributed by atoms with Crippen LogP contribution < -0.4 is 16.4 Å². The van der Waals surface area contributed by atoms with Crippen LogP contribution >= 0.6 is 0 Å². The topological polar surface area (TPSA) is 67.1 Å². The molecule has 2 atom stereocenters. The lowest BCUT2D eigenvalue weighted by Gasteiger charge is -2.45. The molecule has 21 heavy (non-hydrogen) atoms. The van der Waals surface area contributed by atoms with E-state index in [-0.39, 0.29) is 5.91 Å². The van der Waals surface area contributed by atoms with Gasteiger partial charge in [-0.05, 0) is 49.7 Å². The van der Waals surface area contributed by atoms with Gasteiger partial charge in [0.1, 0.15) is 0 Å². The molecule has 1 aromatic rings. The third-order valence-electron chi connectivity index (χ3n) is 4.93. The van der Waals surface area contributed by atoms with Crippen LogP contribution in [0.4, 0.5) is 5.69 Å². The molecule has 0 aliphatic heterocycles. The zero-order valence-corrected chi connectivity index (χ0v) is 12.4. The molecule has 4 nitrogen and oxygen atoms in total. The summed E-state index contributed by atoms with van der Waals surface area (Å²) in [7, 11) is 0. The van der Waals surface area contributed by atoms with Crippen molar-refractivity contribution in [2.24, 2.45) is 17.6 Å². The van der Waals surface area contributed by atoms with Gasteiger partial charge in [0.25, 0.3) is 0 Å². The van der Waals surface area contributed by atoms with Crippen LogP contribution in [-0.2, 0) is 4.79 Å². The molecule has 114 valence electrons. The molecule has 1 aromatic carbocycles. The second-order valence-corrected chi connectivity index (χ2v) is 6.50. The normalized spacial score (nSPS) is 31.5. The molecule has 0 radical (unpaired) electrons. The van der Waals surface area contributed by atoms with E-state index in [2.05, 4.69) is 10.6 Å². The minimum absolute atomic E-state index is 0.0937. The first-order valence-electron chi connectivity index (χ1n) is 8.06. The first kappa shape index (κ1) is 14.4. The summed E-state index contributed by atoms with van der Waals surface area (Å²) in [5, 5.41) is 6.43. The molecule has 3 rings (SSSR count). The molecule has 2 bridgehead atoms. The molecule has 0 aromatic heterocycles. The third kappa shape index (κ3) is 3.56. The minimum atomic E-state index is 0.0937. The van der Waals surface area contributed by atoms with Crippen LogP contribution in [0.25, 0.3) is 0 Å². The van der Waals surface area contributed by atoms with Crippen molar-refractivity contribution in [3.8, 4) is 0 Å². The number of rotatable bonds is 4. The summed E-state index contributed by atoms with van der Waals surface area (Å²) < 4.78 is 0. The fourth-order valence-electron chi connectivity index (χ4n) is 4.00. The maximum Gasteiger partial charge on any atom is 0.239 e. The van der Waals surface area contributed by atoms with Gasteiger partial charge in [-0.25, -0.2) is 0 Å². The Bertz CT molecular complexity index is 462. The molecule has 2 unspecified atom stereocenters. The van der Waals surface area contributed by atoms with Gasteiger partial charge in [-0.1, -0.05) is 24.6 Å². The summed E-state index contributed by atoms with van der Waals surface area (Å²) in [6, 6.07) is 10.5. The third-order valence-corrected chi connectivity index (χ3v) is 4.93. The number of carbonyl (C=O) groups is 1. The maximum absolute atomic E-state index is 12.2. The molecule has 0 saturated heterocycles. The Labute approximate surface area is 126 Å². The first-order chi connectivity index (χ1) is 10.2. The van der Waals surface area contributed by atoms with Gasteiger partial charge in [0, 0.05) is 17.8 Å². The number of nitrogens with one attached hydrogen (secondary N) is 2. The second kappa shape index (κ2) is 6.48. The highest BCUT2D eigenvalue weighted by Gasteiger charge is 2.39. The maximum atomic E-state index is 12.2. The van der Waals surface area contributed by atoms with Crippen molar-refractivity contribution in [2.75, 3.05) is 11.9 Å². The fraction of sp³-hybridized carbons (Fsp3) is 0.588. The predicted molar refractivity (Wildman–Crippen MR) is 84.9 cm³/mol. The van der Waals surface area contributed by atoms with Crippen molar-refractivity contribution >= 4 is 11.6 Å². The smallest absolute Gasteiger partial charge is 0.239 e. The number of nitrogens with two attached hydrogens (primary N) is 1. The lowest BCUT2D eigenvalue weighted by molar-refractivity contribution is -0.121. The predicted octanol–water partition coefficient (Wildman–Crippen LogP) is 2.12. The highest BCUT2D eigenvalue weighted by molar-refractivity contribution is 5.81. The first-order valence-corrected chi connectivity index (χ1v) is 8.06. The lowest BCUT2D eigenvalue weighted by Crippen LogP contribution is -2.54. The van der Waals surface area contributed by atoms with Gasteiger partial charge in [0.2, 0.25) is 5.91 Å². The van der Waals surface area contributed by atoms with E-state index < -0.39 is 0 Å². The van der Waals surface area contributed by atoms with Gasteiger partial charge in [-0.2, -0.15) is 0 Å². The Kier molecular flexibility index (Phi) is 4.44. The Hall–Kier alpha value is -1.55. The van der Waals surface area contributed by atoms with Crippen LogP contribution in [-0.4, -0.2) is 24.5 Å². The molecular weight excluding hydrogens is 262 g/mol. The molecular formula is C17H25N3O. The van der Waals surface area contributed by atoms with Crippen molar-refractivity contribution in [1.82, 2.24) is 5.32 Å². The Balaban J connectivity index is 1.52. The van der Waals surface area contributed by atoms with Crippen molar-refractivity contribution in [3.05, 3.63) is 30.3 Å². The number of amides is 1. The molecule has 1 amide bonds. The summed E-state index contributed by atoms with van der Waals surface area (Å²) in [6.07, 6.45) is 5.83. The average Bonchev–Trinajstić information content (AvgIpc) is 2.47. The van der Waals surface area contributed by atoms with Crippen LogP contribution in [0, 0.1) is 11.8 Å². The number of fused-ring (bicyclic) bond motifs is 2. The molecule has 2 saturated carbocycles. The van der Waals surface area contributed by atoms with Gasteiger partial charge in [-0.15, -0.1) is 0 Å². The Morgan fingerprint density at radius 1 is 1.14 bits per heavy atom. The van der Waals surface area contributed by atoms with Crippen molar-refractivity contribution in [2.45, 2.75) is 44.2 Å². The van der Waals surface area contributed by atoms with Crippen molar-refractivity contribution in [1.29, 1.82) is 0 Å². The zero-order valence-electron chi connectivity index (χ0n) is 12.4. The standard InChI is InChI=1S/C17H25N3O/c18-14-9-12-5-4-6-13(10-14)17(12)20-16(21)11-19-15-7-2-1-3-8-15/h1-3,7-8,12-14,17,19H,4-6,9-11,18H2,(H,20,21). The van der Waals surface area contributed by atoms with E-state index in [1.54, 1.807) is 0 Å². The summed E-state index contributed by atoms with van der Waals surface area (Å²) >= 11 is 0. The summed E-state index contributed by atoms with van der Waals surface area (Å²) in [6.45, 7) is 0.339. The highest BCUT2D eigenvalue weighted by atomic mass is 16.2. The highest BCUT2D eigenvalue weighted by Crippen LogP contribution is 2.39. The van der Waals surface area contributed by atoms with E-state index >= 15 is 0 Å². The molecule has 0 heterocycles. The van der Waals surface area contributed by atoms with Gasteiger partial charge in [0.15, 0.2) is 0 Å².